The molecule has 0 unspecified atom stereocenters. The molecule has 2 saturated heterocycles. The number of aromatic nitrogens is 2. The van der Waals surface area contributed by atoms with Crippen molar-refractivity contribution in [1.29, 1.82) is 0 Å². The molecule has 0 saturated carbocycles. The van der Waals surface area contributed by atoms with Crippen molar-refractivity contribution >= 4 is 11.6 Å². The van der Waals surface area contributed by atoms with Crippen molar-refractivity contribution in [2.75, 3.05) is 69.7 Å². The summed E-state index contributed by atoms with van der Waals surface area (Å²) in [5, 5.41) is 0. The molecule has 0 spiro atoms. The van der Waals surface area contributed by atoms with Crippen molar-refractivity contribution in [1.82, 2.24) is 19.8 Å². The molecular formula is C15H26N6. The third kappa shape index (κ3) is 3.11. The van der Waals surface area contributed by atoms with E-state index >= 15 is 0 Å². The minimum Gasteiger partial charge on any atom is -0.363 e. The van der Waals surface area contributed by atoms with Crippen LogP contribution in [0.2, 0.25) is 0 Å². The van der Waals surface area contributed by atoms with Crippen molar-refractivity contribution in [3.63, 3.8) is 0 Å². The van der Waals surface area contributed by atoms with Gasteiger partial charge in [0.25, 0.3) is 0 Å². The van der Waals surface area contributed by atoms with Gasteiger partial charge in [-0.1, -0.05) is 6.92 Å². The minimum atomic E-state index is 0.696. The van der Waals surface area contributed by atoms with E-state index < -0.39 is 0 Å². The van der Waals surface area contributed by atoms with Crippen molar-refractivity contribution in [3.8, 4) is 0 Å². The Morgan fingerprint density at radius 1 is 1.14 bits per heavy atom. The second-order valence-electron chi connectivity index (χ2n) is 6.16. The Morgan fingerprint density at radius 2 is 1.86 bits per heavy atom. The summed E-state index contributed by atoms with van der Waals surface area (Å²) in [6, 6.07) is 2.77. The first kappa shape index (κ1) is 14.5. The first-order chi connectivity index (χ1) is 10.2. The number of hydrogen-bond donors (Lipinski definition) is 0. The molecule has 2 aliphatic rings. The lowest BCUT2D eigenvalue weighted by atomic mass is 10.1. The minimum absolute atomic E-state index is 0.696. The van der Waals surface area contributed by atoms with E-state index in [2.05, 4.69) is 37.7 Å². The molecule has 0 N–H and O–H groups in total. The molecule has 0 bridgehead atoms. The zero-order chi connectivity index (χ0) is 14.8. The molecule has 0 aromatic carbocycles. The van der Waals surface area contributed by atoms with Crippen LogP contribution in [0.25, 0.3) is 0 Å². The maximum absolute atomic E-state index is 4.41. The fourth-order valence-electron chi connectivity index (χ4n) is 3.07. The highest BCUT2D eigenvalue weighted by Crippen LogP contribution is 2.24. The second kappa shape index (κ2) is 6.15. The normalized spacial score (nSPS) is 21.4. The summed E-state index contributed by atoms with van der Waals surface area (Å²) in [6.07, 6.45) is 1.66. The summed E-state index contributed by atoms with van der Waals surface area (Å²) in [6.45, 7) is 10.5. The van der Waals surface area contributed by atoms with Crippen LogP contribution in [0, 0.1) is 0 Å². The maximum atomic E-state index is 4.41. The Kier molecular flexibility index (Phi) is 4.26. The lowest BCUT2D eigenvalue weighted by Crippen LogP contribution is -2.63. The third-order valence-corrected chi connectivity index (χ3v) is 4.65. The Balaban J connectivity index is 1.53. The number of rotatable bonds is 4. The van der Waals surface area contributed by atoms with Crippen LogP contribution in [0.15, 0.2) is 12.4 Å². The average molecular weight is 290 g/mol. The first-order valence-corrected chi connectivity index (χ1v) is 7.88. The predicted molar refractivity (Wildman–Crippen MR) is 86.0 cm³/mol. The van der Waals surface area contributed by atoms with Crippen LogP contribution in [0.5, 0.6) is 0 Å². The van der Waals surface area contributed by atoms with Crippen LogP contribution in [0.3, 0.4) is 0 Å². The first-order valence-electron chi connectivity index (χ1n) is 7.88. The fraction of sp³-hybridized carbons (Fsp3) is 0.733. The van der Waals surface area contributed by atoms with Crippen molar-refractivity contribution in [3.05, 3.63) is 12.4 Å². The molecule has 1 aromatic rings. The molecule has 0 radical (unpaired) electrons. The van der Waals surface area contributed by atoms with Crippen LogP contribution in [0.1, 0.15) is 6.92 Å². The van der Waals surface area contributed by atoms with Crippen LogP contribution < -0.4 is 9.80 Å². The molecule has 6 heteroatoms. The van der Waals surface area contributed by atoms with Gasteiger partial charge in [0.1, 0.15) is 18.0 Å². The summed E-state index contributed by atoms with van der Waals surface area (Å²) in [4.78, 5) is 18.2. The third-order valence-electron chi connectivity index (χ3n) is 4.65. The molecule has 1 aromatic heterocycles. The zero-order valence-electron chi connectivity index (χ0n) is 13.4. The average Bonchev–Trinajstić information content (AvgIpc) is 2.47. The SMILES string of the molecule is CCN1CCN(C2CN(c3cc(N(C)C)ncn3)C2)CC1. The van der Waals surface area contributed by atoms with E-state index in [1.165, 1.54) is 32.7 Å². The van der Waals surface area contributed by atoms with E-state index in [-0.39, 0.29) is 0 Å². The summed E-state index contributed by atoms with van der Waals surface area (Å²) in [7, 11) is 4.02. The molecule has 116 valence electrons. The van der Waals surface area contributed by atoms with Crippen molar-refractivity contribution in [2.45, 2.75) is 13.0 Å². The summed E-state index contributed by atoms with van der Waals surface area (Å²) in [5.74, 6) is 2.03. The summed E-state index contributed by atoms with van der Waals surface area (Å²) >= 11 is 0. The summed E-state index contributed by atoms with van der Waals surface area (Å²) in [5.41, 5.74) is 0. The predicted octanol–water partition coefficient (Wildman–Crippen LogP) is 0.369. The quantitative estimate of drug-likeness (QED) is 0.798. The van der Waals surface area contributed by atoms with Crippen LogP contribution >= 0.6 is 0 Å². The van der Waals surface area contributed by atoms with E-state index in [4.69, 9.17) is 0 Å². The van der Waals surface area contributed by atoms with E-state index in [1.807, 2.05) is 19.0 Å². The zero-order valence-corrected chi connectivity index (χ0v) is 13.4. The molecule has 0 atom stereocenters. The molecule has 2 aliphatic heterocycles. The number of piperazine rings is 1. The van der Waals surface area contributed by atoms with Gasteiger partial charge < -0.3 is 14.7 Å². The Morgan fingerprint density at radius 3 is 2.48 bits per heavy atom. The highest BCUT2D eigenvalue weighted by Gasteiger charge is 2.34. The molecule has 2 fully saturated rings. The number of hydrogen-bond acceptors (Lipinski definition) is 6. The smallest absolute Gasteiger partial charge is 0.134 e. The Bertz CT molecular complexity index is 463. The van der Waals surface area contributed by atoms with Crippen molar-refractivity contribution < 1.29 is 0 Å². The number of likely N-dealkylation sites (N-methyl/N-ethyl adjacent to an activating group) is 1. The van der Waals surface area contributed by atoms with E-state index in [1.54, 1.807) is 6.33 Å². The van der Waals surface area contributed by atoms with Crippen LogP contribution in [0.4, 0.5) is 11.6 Å². The van der Waals surface area contributed by atoms with Crippen LogP contribution in [-0.2, 0) is 0 Å². The highest BCUT2D eigenvalue weighted by molar-refractivity contribution is 5.51. The summed E-state index contributed by atoms with van der Waals surface area (Å²) < 4.78 is 0. The molecule has 3 rings (SSSR count). The Labute approximate surface area is 127 Å². The largest absolute Gasteiger partial charge is 0.363 e. The van der Waals surface area contributed by atoms with Gasteiger partial charge in [-0.05, 0) is 6.54 Å². The lowest BCUT2D eigenvalue weighted by molar-refractivity contribution is 0.0859. The van der Waals surface area contributed by atoms with Gasteiger partial charge in [0.15, 0.2) is 0 Å². The molecule has 0 aliphatic carbocycles. The molecule has 6 nitrogen and oxygen atoms in total. The highest BCUT2D eigenvalue weighted by atomic mass is 15.4. The Hall–Kier alpha value is -1.40. The number of anilines is 2. The topological polar surface area (TPSA) is 38.7 Å². The van der Waals surface area contributed by atoms with Gasteiger partial charge in [-0.25, -0.2) is 9.97 Å². The van der Waals surface area contributed by atoms with Crippen molar-refractivity contribution in [2.24, 2.45) is 0 Å². The second-order valence-corrected chi connectivity index (χ2v) is 6.16. The van der Waals surface area contributed by atoms with Gasteiger partial charge in [-0.15, -0.1) is 0 Å². The van der Waals surface area contributed by atoms with Gasteiger partial charge in [0.2, 0.25) is 0 Å². The molecule has 0 amide bonds. The molecular weight excluding hydrogens is 264 g/mol. The fourth-order valence-corrected chi connectivity index (χ4v) is 3.07. The van der Waals surface area contributed by atoms with Gasteiger partial charge in [0.05, 0.1) is 0 Å². The van der Waals surface area contributed by atoms with Crippen LogP contribution in [-0.4, -0.2) is 85.7 Å². The van der Waals surface area contributed by atoms with Gasteiger partial charge in [0, 0.05) is 65.5 Å². The molecule has 21 heavy (non-hydrogen) atoms. The van der Waals surface area contributed by atoms with E-state index in [9.17, 15) is 0 Å². The van der Waals surface area contributed by atoms with Gasteiger partial charge in [-0.3, -0.25) is 4.90 Å². The standard InChI is InChI=1S/C15H26N6/c1-4-19-5-7-20(8-6-19)13-10-21(11-13)15-9-14(18(2)3)16-12-17-15/h9,12-13H,4-8,10-11H2,1-3H3. The van der Waals surface area contributed by atoms with E-state index in [0.29, 0.717) is 6.04 Å². The maximum Gasteiger partial charge on any atom is 0.134 e. The number of nitrogens with zero attached hydrogens (tertiary/aromatic N) is 6. The monoisotopic (exact) mass is 290 g/mol. The van der Waals surface area contributed by atoms with E-state index in [0.717, 1.165) is 24.7 Å². The van der Waals surface area contributed by atoms with Gasteiger partial charge >= 0.3 is 0 Å². The lowest BCUT2D eigenvalue weighted by Gasteiger charge is -2.48. The molecule has 3 heterocycles. The van der Waals surface area contributed by atoms with Gasteiger partial charge in [-0.2, -0.15) is 0 Å².